The van der Waals surface area contributed by atoms with Gasteiger partial charge in [0.2, 0.25) is 0 Å². The molecule has 1 heterocycles. The van der Waals surface area contributed by atoms with Crippen LogP contribution in [-0.4, -0.2) is 40.2 Å². The van der Waals surface area contributed by atoms with E-state index in [4.69, 9.17) is 5.11 Å². The number of hydrazine groups is 1. The number of rotatable bonds is 3. The average Bonchev–Trinajstić information content (AvgIpc) is 2.82. The molecule has 1 saturated heterocycles. The van der Waals surface area contributed by atoms with Gasteiger partial charge in [-0.15, -0.1) is 0 Å². The summed E-state index contributed by atoms with van der Waals surface area (Å²) >= 11 is 0. The Labute approximate surface area is 119 Å². The topological polar surface area (TPSA) is 81.7 Å². The first-order chi connectivity index (χ1) is 9.47. The summed E-state index contributed by atoms with van der Waals surface area (Å²) in [5.74, 6) is -1.34. The van der Waals surface area contributed by atoms with Crippen molar-refractivity contribution >= 4 is 12.0 Å². The number of carbonyl (C=O) groups excluding carboxylic acids is 1. The molecule has 6 heteroatoms. The second-order valence-electron chi connectivity index (χ2n) is 5.79. The number of aliphatic carboxylic acids is 1. The zero-order valence-electron chi connectivity index (χ0n) is 12.0. The third-order valence-electron chi connectivity index (χ3n) is 4.14. The highest BCUT2D eigenvalue weighted by Gasteiger charge is 2.28. The maximum Gasteiger partial charge on any atom is 0.329 e. The number of piperidine rings is 1. The summed E-state index contributed by atoms with van der Waals surface area (Å²) < 4.78 is 0. The minimum atomic E-state index is -0.843. The van der Waals surface area contributed by atoms with E-state index in [1.54, 1.807) is 12.2 Å². The van der Waals surface area contributed by atoms with Crippen LogP contribution in [0.4, 0.5) is 4.79 Å². The molecule has 1 aliphatic heterocycles. The van der Waals surface area contributed by atoms with Gasteiger partial charge in [-0.25, -0.2) is 9.80 Å². The first kappa shape index (κ1) is 14.8. The van der Waals surface area contributed by atoms with Gasteiger partial charge in [0, 0.05) is 12.1 Å². The van der Waals surface area contributed by atoms with Crippen molar-refractivity contribution < 1.29 is 14.7 Å². The van der Waals surface area contributed by atoms with Gasteiger partial charge in [0.25, 0.3) is 0 Å². The molecular weight excluding hydrogens is 258 g/mol. The Morgan fingerprint density at radius 3 is 2.40 bits per heavy atom. The molecule has 0 bridgehead atoms. The second-order valence-corrected chi connectivity index (χ2v) is 5.79. The zero-order valence-corrected chi connectivity index (χ0v) is 12.0. The van der Waals surface area contributed by atoms with E-state index in [1.165, 1.54) is 6.42 Å². The molecule has 2 rings (SSSR count). The Morgan fingerprint density at radius 1 is 1.20 bits per heavy atom. The molecule has 0 aromatic carbocycles. The summed E-state index contributed by atoms with van der Waals surface area (Å²) in [6.45, 7) is 4.21. The van der Waals surface area contributed by atoms with Crippen LogP contribution in [0.25, 0.3) is 0 Å². The number of nitrogens with zero attached hydrogens (tertiary/aromatic N) is 1. The van der Waals surface area contributed by atoms with Gasteiger partial charge in [-0.2, -0.15) is 0 Å². The number of amides is 2. The molecule has 0 aromatic heterocycles. The molecule has 112 valence electrons. The van der Waals surface area contributed by atoms with E-state index < -0.39 is 11.9 Å². The summed E-state index contributed by atoms with van der Waals surface area (Å²) in [7, 11) is 0. The normalized spacial score (nSPS) is 33.9. The molecule has 20 heavy (non-hydrogen) atoms. The maximum absolute atomic E-state index is 12.0. The number of carbonyl (C=O) groups is 2. The van der Waals surface area contributed by atoms with Crippen LogP contribution in [0.1, 0.15) is 39.5 Å². The van der Waals surface area contributed by atoms with Gasteiger partial charge in [0.15, 0.2) is 0 Å². The molecular formula is C14H23N3O3. The Kier molecular flexibility index (Phi) is 4.65. The van der Waals surface area contributed by atoms with Crippen LogP contribution in [0, 0.1) is 5.92 Å². The lowest BCUT2D eigenvalue weighted by molar-refractivity contribution is -0.140. The van der Waals surface area contributed by atoms with E-state index in [2.05, 4.69) is 24.6 Å². The Bertz CT molecular complexity index is 400. The molecule has 0 aromatic rings. The minimum Gasteiger partial charge on any atom is -0.481 e. The Morgan fingerprint density at radius 2 is 1.85 bits per heavy atom. The zero-order chi connectivity index (χ0) is 14.7. The van der Waals surface area contributed by atoms with Crippen molar-refractivity contribution in [1.29, 1.82) is 0 Å². The highest BCUT2D eigenvalue weighted by molar-refractivity contribution is 5.76. The van der Waals surface area contributed by atoms with Gasteiger partial charge in [-0.05, 0) is 33.1 Å². The first-order valence-corrected chi connectivity index (χ1v) is 7.24. The fourth-order valence-electron chi connectivity index (χ4n) is 2.95. The lowest BCUT2D eigenvalue weighted by Crippen LogP contribution is -2.57. The summed E-state index contributed by atoms with van der Waals surface area (Å²) in [6, 6.07) is 0.198. The molecule has 4 atom stereocenters. The molecule has 0 radical (unpaired) electrons. The van der Waals surface area contributed by atoms with Gasteiger partial charge in [-0.1, -0.05) is 18.6 Å². The molecule has 2 aliphatic rings. The summed E-state index contributed by atoms with van der Waals surface area (Å²) in [4.78, 5) is 22.8. The van der Waals surface area contributed by atoms with Crippen LogP contribution in [-0.2, 0) is 4.79 Å². The van der Waals surface area contributed by atoms with Crippen molar-refractivity contribution in [2.24, 2.45) is 5.92 Å². The Balaban J connectivity index is 1.81. The van der Waals surface area contributed by atoms with Crippen molar-refractivity contribution in [3.05, 3.63) is 12.2 Å². The van der Waals surface area contributed by atoms with Gasteiger partial charge < -0.3 is 10.4 Å². The molecule has 1 aliphatic carbocycles. The molecule has 2 amide bonds. The highest BCUT2D eigenvalue weighted by Crippen LogP contribution is 2.21. The van der Waals surface area contributed by atoms with E-state index in [1.807, 2.05) is 5.01 Å². The van der Waals surface area contributed by atoms with Crippen molar-refractivity contribution in [3.63, 3.8) is 0 Å². The fourth-order valence-corrected chi connectivity index (χ4v) is 2.95. The quantitative estimate of drug-likeness (QED) is 0.685. The SMILES string of the molecule is CC1CCCC(C)N1NC(=O)NC1C=CC(C(=O)O)C1. The highest BCUT2D eigenvalue weighted by atomic mass is 16.4. The van der Waals surface area contributed by atoms with Crippen molar-refractivity contribution in [2.75, 3.05) is 0 Å². The third kappa shape index (κ3) is 3.50. The smallest absolute Gasteiger partial charge is 0.329 e. The fraction of sp³-hybridized carbons (Fsp3) is 0.714. The van der Waals surface area contributed by atoms with Crippen LogP contribution < -0.4 is 10.7 Å². The number of nitrogens with one attached hydrogen (secondary N) is 2. The number of urea groups is 1. The third-order valence-corrected chi connectivity index (χ3v) is 4.14. The number of hydrogen-bond acceptors (Lipinski definition) is 3. The monoisotopic (exact) mass is 281 g/mol. The van der Waals surface area contributed by atoms with Gasteiger partial charge in [0.05, 0.1) is 12.0 Å². The van der Waals surface area contributed by atoms with E-state index in [-0.39, 0.29) is 12.1 Å². The van der Waals surface area contributed by atoms with Gasteiger partial charge in [-0.3, -0.25) is 10.2 Å². The molecule has 0 saturated carbocycles. The largest absolute Gasteiger partial charge is 0.481 e. The summed E-state index contributed by atoms with van der Waals surface area (Å²) in [6.07, 6.45) is 7.16. The van der Waals surface area contributed by atoms with Crippen molar-refractivity contribution in [2.45, 2.75) is 57.7 Å². The van der Waals surface area contributed by atoms with Crippen LogP contribution >= 0.6 is 0 Å². The maximum atomic E-state index is 12.0. The predicted octanol–water partition coefficient (Wildman–Crippen LogP) is 1.49. The lowest BCUT2D eigenvalue weighted by Gasteiger charge is -2.38. The number of hydrogen-bond donors (Lipinski definition) is 3. The van der Waals surface area contributed by atoms with Crippen molar-refractivity contribution in [1.82, 2.24) is 15.8 Å². The van der Waals surface area contributed by atoms with E-state index in [9.17, 15) is 9.59 Å². The minimum absolute atomic E-state index is 0.202. The van der Waals surface area contributed by atoms with E-state index >= 15 is 0 Å². The van der Waals surface area contributed by atoms with Crippen LogP contribution in [0.5, 0.6) is 0 Å². The molecule has 0 spiro atoms. The first-order valence-electron chi connectivity index (χ1n) is 7.24. The summed E-state index contributed by atoms with van der Waals surface area (Å²) in [5, 5.41) is 13.7. The van der Waals surface area contributed by atoms with Crippen LogP contribution in [0.3, 0.4) is 0 Å². The van der Waals surface area contributed by atoms with Gasteiger partial charge in [0.1, 0.15) is 0 Å². The van der Waals surface area contributed by atoms with Crippen molar-refractivity contribution in [3.8, 4) is 0 Å². The standard InChI is InChI=1S/C14H23N3O3/c1-9-4-3-5-10(2)17(9)16-14(20)15-12-7-6-11(8-12)13(18)19/h6-7,9-12H,3-5,8H2,1-2H3,(H,18,19)(H2,15,16,20). The van der Waals surface area contributed by atoms with Crippen LogP contribution in [0.15, 0.2) is 12.2 Å². The van der Waals surface area contributed by atoms with E-state index in [0.717, 1.165) is 12.8 Å². The summed E-state index contributed by atoms with van der Waals surface area (Å²) in [5.41, 5.74) is 2.89. The predicted molar refractivity (Wildman–Crippen MR) is 75.0 cm³/mol. The lowest BCUT2D eigenvalue weighted by atomic mass is 10.00. The van der Waals surface area contributed by atoms with Crippen LogP contribution in [0.2, 0.25) is 0 Å². The van der Waals surface area contributed by atoms with Gasteiger partial charge >= 0.3 is 12.0 Å². The molecule has 1 fully saturated rings. The second kappa shape index (κ2) is 6.26. The molecule has 3 N–H and O–H groups in total. The number of carboxylic acid groups (broad SMARTS) is 1. The molecule has 6 nitrogen and oxygen atoms in total. The van der Waals surface area contributed by atoms with E-state index in [0.29, 0.717) is 18.5 Å². The molecule has 4 unspecified atom stereocenters. The average molecular weight is 281 g/mol. The number of carboxylic acids is 1. The Hall–Kier alpha value is -1.56.